The largest absolute Gasteiger partial charge is 0.508 e. The summed E-state index contributed by atoms with van der Waals surface area (Å²) in [6.45, 7) is 1.91. The molecule has 3 aromatic rings. The smallest absolute Gasteiger partial charge is 0.364 e. The van der Waals surface area contributed by atoms with Crippen molar-refractivity contribution in [2.24, 2.45) is 0 Å². The number of rotatable bonds is 3. The molecule has 2 aromatic carbocycles. The quantitative estimate of drug-likeness (QED) is 0.326. The van der Waals surface area contributed by atoms with Gasteiger partial charge in [-0.2, -0.15) is 0 Å². The summed E-state index contributed by atoms with van der Waals surface area (Å²) in [6, 6.07) is 9.21. The number of phenolic OH excluding ortho intramolecular Hbond substituents is 4. The maximum Gasteiger partial charge on any atom is 0.364 e. The van der Waals surface area contributed by atoms with Crippen molar-refractivity contribution in [2.45, 2.75) is 6.92 Å². The Bertz CT molecular complexity index is 968. The Morgan fingerprint density at radius 1 is 1.00 bits per heavy atom. The fourth-order valence-corrected chi connectivity index (χ4v) is 2.58. The molecule has 0 aliphatic rings. The van der Waals surface area contributed by atoms with Gasteiger partial charge >= 0.3 is 11.3 Å². The molecule has 128 valence electrons. The number of aromatic hydroxyl groups is 4. The monoisotopic (exact) mass is 341 g/mol. The fourth-order valence-electron chi connectivity index (χ4n) is 2.58. The van der Waals surface area contributed by atoms with E-state index in [1.54, 1.807) is 24.3 Å². The number of aryl methyl sites for hydroxylation is 1. The first-order valence-electron chi connectivity index (χ1n) is 7.46. The fraction of sp³-hybridized carbons (Fsp3) is 0.105. The van der Waals surface area contributed by atoms with Crippen LogP contribution in [0.2, 0.25) is 0 Å². The lowest BCUT2D eigenvalue weighted by Crippen LogP contribution is -1.89. The van der Waals surface area contributed by atoms with Gasteiger partial charge in [0.15, 0.2) is 17.2 Å². The van der Waals surface area contributed by atoms with Crippen LogP contribution in [0.5, 0.6) is 23.0 Å². The molecule has 0 aliphatic heterocycles. The van der Waals surface area contributed by atoms with Gasteiger partial charge in [-0.15, -0.1) is 0 Å². The van der Waals surface area contributed by atoms with Gasteiger partial charge in [0.1, 0.15) is 11.5 Å². The zero-order valence-corrected chi connectivity index (χ0v) is 13.6. The van der Waals surface area contributed by atoms with Gasteiger partial charge in [-0.1, -0.05) is 0 Å². The Morgan fingerprint density at radius 2 is 1.68 bits per heavy atom. The number of hydrogen-bond acceptors (Lipinski definition) is 5. The first kappa shape index (κ1) is 16.4. The number of fused-ring (bicyclic) bond motifs is 1. The molecule has 0 amide bonds. The molecule has 0 saturated heterocycles. The molecule has 0 radical (unpaired) electrons. The van der Waals surface area contributed by atoms with Gasteiger partial charge < -0.3 is 25.2 Å². The van der Waals surface area contributed by atoms with Crippen molar-refractivity contribution in [2.75, 3.05) is 7.11 Å². The van der Waals surface area contributed by atoms with Crippen LogP contribution in [0, 0.1) is 6.92 Å². The summed E-state index contributed by atoms with van der Waals surface area (Å²) >= 11 is 0. The summed E-state index contributed by atoms with van der Waals surface area (Å²) in [6.07, 6.45) is 1.59. The third kappa shape index (κ3) is 3.14. The molecule has 4 N–H and O–H groups in total. The number of benzene rings is 2. The Kier molecular flexibility index (Phi) is 4.10. The lowest BCUT2D eigenvalue weighted by Gasteiger charge is -2.08. The molecule has 0 bridgehead atoms. The predicted octanol–water partition coefficient (Wildman–Crippen LogP) is 3.99. The van der Waals surface area contributed by atoms with Crippen molar-refractivity contribution >= 4 is 22.8 Å². The van der Waals surface area contributed by atoms with Gasteiger partial charge in [0, 0.05) is 11.6 Å². The van der Waals surface area contributed by atoms with E-state index >= 15 is 0 Å². The Balaban J connectivity index is 2.13. The molecule has 0 atom stereocenters. The maximum absolute atomic E-state index is 9.66. The summed E-state index contributed by atoms with van der Waals surface area (Å²) < 4.78 is 11.1. The highest BCUT2D eigenvalue weighted by atomic mass is 16.5. The van der Waals surface area contributed by atoms with Crippen LogP contribution in [-0.2, 0) is 4.74 Å². The zero-order chi connectivity index (χ0) is 18.1. The van der Waals surface area contributed by atoms with Crippen LogP contribution in [-0.4, -0.2) is 27.5 Å². The molecule has 0 unspecified atom stereocenters. The third-order valence-corrected chi connectivity index (χ3v) is 3.82. The highest BCUT2D eigenvalue weighted by molar-refractivity contribution is 5.84. The number of hydrogen-bond donors (Lipinski definition) is 4. The lowest BCUT2D eigenvalue weighted by atomic mass is 10.1. The van der Waals surface area contributed by atoms with Gasteiger partial charge in [-0.05, 0) is 36.8 Å². The lowest BCUT2D eigenvalue weighted by molar-refractivity contribution is 0.360. The second-order valence-electron chi connectivity index (χ2n) is 5.59. The van der Waals surface area contributed by atoms with Crippen LogP contribution in [0.15, 0.2) is 40.8 Å². The maximum atomic E-state index is 9.66. The van der Waals surface area contributed by atoms with Gasteiger partial charge in [0.25, 0.3) is 0 Å². The predicted molar refractivity (Wildman–Crippen MR) is 93.3 cm³/mol. The molecule has 1 aromatic heterocycles. The first-order chi connectivity index (χ1) is 11.9. The van der Waals surface area contributed by atoms with E-state index in [-0.39, 0.29) is 5.75 Å². The Labute approximate surface area is 143 Å². The van der Waals surface area contributed by atoms with Crippen molar-refractivity contribution in [1.29, 1.82) is 0 Å². The second-order valence-corrected chi connectivity index (χ2v) is 5.59. The van der Waals surface area contributed by atoms with Crippen LogP contribution in [0.3, 0.4) is 0 Å². The minimum absolute atomic E-state index is 0.0946. The van der Waals surface area contributed by atoms with E-state index in [1.165, 1.54) is 25.3 Å². The minimum Gasteiger partial charge on any atom is -0.508 e. The summed E-state index contributed by atoms with van der Waals surface area (Å²) in [4.78, 5) is 0. The second kappa shape index (κ2) is 6.24. The highest BCUT2D eigenvalue weighted by Crippen LogP contribution is 2.38. The van der Waals surface area contributed by atoms with E-state index in [0.717, 1.165) is 10.9 Å². The third-order valence-electron chi connectivity index (χ3n) is 3.82. The van der Waals surface area contributed by atoms with E-state index < -0.39 is 17.2 Å². The van der Waals surface area contributed by atoms with Crippen molar-refractivity contribution in [1.82, 2.24) is 0 Å². The van der Waals surface area contributed by atoms with Crippen LogP contribution in [0.4, 0.5) is 0 Å². The Hall–Kier alpha value is -3.41. The molecule has 0 spiro atoms. The summed E-state index contributed by atoms with van der Waals surface area (Å²) in [5.74, 6) is -0.658. The van der Waals surface area contributed by atoms with Crippen LogP contribution < -0.4 is 0 Å². The molecule has 0 saturated carbocycles. The standard InChI is InChI=1S/C19H16O6/c1-10-5-13(25-18-8-12(20)3-4-14(10)18)9-17(24-2)11-6-15(21)19(23)16(22)7-11/h3-9H,1-2H3,(H3-,20,21,22,23)/p+1/b17-9-. The van der Waals surface area contributed by atoms with E-state index in [1.807, 2.05) is 6.92 Å². The van der Waals surface area contributed by atoms with Gasteiger partial charge in [0.2, 0.25) is 0 Å². The normalized spacial score (nSPS) is 11.7. The Morgan fingerprint density at radius 3 is 2.32 bits per heavy atom. The zero-order valence-electron chi connectivity index (χ0n) is 13.6. The summed E-state index contributed by atoms with van der Waals surface area (Å²) in [5, 5.41) is 39.3. The average molecular weight is 341 g/mol. The molecule has 6 heteroatoms. The summed E-state index contributed by atoms with van der Waals surface area (Å²) in [5.41, 5.74) is 1.82. The highest BCUT2D eigenvalue weighted by Gasteiger charge is 2.17. The first-order valence-corrected chi connectivity index (χ1v) is 7.46. The molecule has 3 rings (SSSR count). The molecular weight excluding hydrogens is 324 g/mol. The van der Waals surface area contributed by atoms with Crippen LogP contribution >= 0.6 is 0 Å². The number of methoxy groups -OCH3 is 1. The van der Waals surface area contributed by atoms with Crippen LogP contribution in [0.25, 0.3) is 22.8 Å². The van der Waals surface area contributed by atoms with Crippen molar-refractivity contribution in [3.05, 3.63) is 53.3 Å². The SMILES string of the molecule is CO/C(=C\c1cc(C)c2ccc(O)cc2[o+]1)c1cc(O)c(O)c(O)c1. The molecule has 1 heterocycles. The van der Waals surface area contributed by atoms with Gasteiger partial charge in [0.05, 0.1) is 24.6 Å². The van der Waals surface area contributed by atoms with Crippen molar-refractivity contribution in [3.63, 3.8) is 0 Å². The number of ether oxygens (including phenoxy) is 1. The van der Waals surface area contributed by atoms with Crippen molar-refractivity contribution < 1.29 is 29.6 Å². The van der Waals surface area contributed by atoms with Gasteiger partial charge in [-0.3, -0.25) is 0 Å². The molecule has 25 heavy (non-hydrogen) atoms. The molecule has 0 aliphatic carbocycles. The number of phenols is 4. The van der Waals surface area contributed by atoms with Crippen LogP contribution in [0.1, 0.15) is 16.9 Å². The van der Waals surface area contributed by atoms with Gasteiger partial charge in [-0.25, -0.2) is 4.42 Å². The summed E-state index contributed by atoms with van der Waals surface area (Å²) in [7, 11) is 1.44. The van der Waals surface area contributed by atoms with E-state index in [4.69, 9.17) is 9.15 Å². The van der Waals surface area contributed by atoms with E-state index in [9.17, 15) is 20.4 Å². The van der Waals surface area contributed by atoms with E-state index in [2.05, 4.69) is 0 Å². The molecule has 0 fully saturated rings. The van der Waals surface area contributed by atoms with Crippen molar-refractivity contribution in [3.8, 4) is 23.0 Å². The van der Waals surface area contributed by atoms with E-state index in [0.29, 0.717) is 22.7 Å². The molecule has 6 nitrogen and oxygen atoms in total. The minimum atomic E-state index is -0.596. The molecular formula is C19H17O6+. The average Bonchev–Trinajstić information content (AvgIpc) is 2.56. The topological polar surface area (TPSA) is 101 Å².